The molecule has 1 unspecified atom stereocenters. The Kier molecular flexibility index (Phi) is 10.6. The van der Waals surface area contributed by atoms with Gasteiger partial charge in [0.2, 0.25) is 5.91 Å². The second kappa shape index (κ2) is 14.3. The molecule has 0 fully saturated rings. The van der Waals surface area contributed by atoms with Gasteiger partial charge in [-0.15, -0.1) is 11.3 Å². The molecule has 8 heteroatoms. The van der Waals surface area contributed by atoms with Crippen molar-refractivity contribution < 1.29 is 14.3 Å². The molecule has 1 heterocycles. The monoisotopic (exact) mass is 575 g/mol. The largest absolute Gasteiger partial charge is 0.490 e. The SMILES string of the molecule is CCCc1cc(C(=O)Nc2ccc3nc(SCC(=O)N[C@@H](C)c4ccccc4)sc3c2)ccc1OC(C)CCC. The van der Waals surface area contributed by atoms with Crippen molar-refractivity contribution in [1.29, 1.82) is 0 Å². The number of nitrogens with one attached hydrogen (secondary N) is 2. The number of fused-ring (bicyclic) bond motifs is 1. The summed E-state index contributed by atoms with van der Waals surface area (Å²) in [6, 6.07) is 21.2. The lowest BCUT2D eigenvalue weighted by atomic mass is 10.0. The number of aromatic nitrogens is 1. The lowest BCUT2D eigenvalue weighted by molar-refractivity contribution is -0.119. The minimum absolute atomic E-state index is 0.0350. The Morgan fingerprint density at radius 1 is 1.00 bits per heavy atom. The number of benzene rings is 3. The molecule has 210 valence electrons. The van der Waals surface area contributed by atoms with Crippen molar-refractivity contribution in [1.82, 2.24) is 10.3 Å². The van der Waals surface area contributed by atoms with Crippen LogP contribution in [0.5, 0.6) is 5.75 Å². The first kappa shape index (κ1) is 29.6. The van der Waals surface area contributed by atoms with Gasteiger partial charge >= 0.3 is 0 Å². The maximum Gasteiger partial charge on any atom is 0.255 e. The van der Waals surface area contributed by atoms with Gasteiger partial charge in [0.25, 0.3) is 5.91 Å². The van der Waals surface area contributed by atoms with E-state index in [0.717, 1.165) is 57.1 Å². The fourth-order valence-corrected chi connectivity index (χ4v) is 6.38. The van der Waals surface area contributed by atoms with Gasteiger partial charge in [-0.1, -0.05) is 68.8 Å². The first-order valence-corrected chi connectivity index (χ1v) is 15.6. The summed E-state index contributed by atoms with van der Waals surface area (Å²) in [5.41, 5.74) is 4.29. The van der Waals surface area contributed by atoms with E-state index >= 15 is 0 Å². The van der Waals surface area contributed by atoms with Crippen molar-refractivity contribution in [2.45, 2.75) is 69.9 Å². The number of rotatable bonds is 13. The molecule has 0 saturated carbocycles. The van der Waals surface area contributed by atoms with Crippen LogP contribution in [-0.4, -0.2) is 28.7 Å². The highest BCUT2D eigenvalue weighted by Crippen LogP contribution is 2.32. The molecular formula is C32H37N3O3S2. The number of carbonyl (C=O) groups is 2. The van der Waals surface area contributed by atoms with Crippen LogP contribution in [0.1, 0.15) is 74.5 Å². The van der Waals surface area contributed by atoms with E-state index in [4.69, 9.17) is 4.74 Å². The summed E-state index contributed by atoms with van der Waals surface area (Å²) in [6.45, 7) is 8.34. The van der Waals surface area contributed by atoms with E-state index in [1.807, 2.05) is 73.7 Å². The third-order valence-electron chi connectivity index (χ3n) is 6.50. The predicted octanol–water partition coefficient (Wildman–Crippen LogP) is 8.04. The Hall–Kier alpha value is -3.36. The average Bonchev–Trinajstić information content (AvgIpc) is 3.36. The minimum Gasteiger partial charge on any atom is -0.490 e. The Balaban J connectivity index is 1.37. The third-order valence-corrected chi connectivity index (χ3v) is 8.66. The minimum atomic E-state index is -0.159. The van der Waals surface area contributed by atoms with Gasteiger partial charge < -0.3 is 15.4 Å². The van der Waals surface area contributed by atoms with Gasteiger partial charge in [-0.05, 0) is 74.2 Å². The normalized spacial score (nSPS) is 12.6. The summed E-state index contributed by atoms with van der Waals surface area (Å²) in [7, 11) is 0. The van der Waals surface area contributed by atoms with E-state index in [-0.39, 0.29) is 29.7 Å². The summed E-state index contributed by atoms with van der Waals surface area (Å²) in [5.74, 6) is 0.955. The lowest BCUT2D eigenvalue weighted by Gasteiger charge is -2.18. The highest BCUT2D eigenvalue weighted by Gasteiger charge is 2.15. The van der Waals surface area contributed by atoms with Crippen LogP contribution in [0.4, 0.5) is 5.69 Å². The molecule has 0 aliphatic carbocycles. The topological polar surface area (TPSA) is 80.3 Å². The highest BCUT2D eigenvalue weighted by atomic mass is 32.2. The zero-order chi connectivity index (χ0) is 28.5. The number of carbonyl (C=O) groups excluding carboxylic acids is 2. The number of anilines is 1. The molecule has 2 N–H and O–H groups in total. The van der Waals surface area contributed by atoms with Crippen molar-refractivity contribution >= 4 is 50.8 Å². The smallest absolute Gasteiger partial charge is 0.255 e. The van der Waals surface area contributed by atoms with Gasteiger partial charge in [-0.2, -0.15) is 0 Å². The van der Waals surface area contributed by atoms with Crippen molar-refractivity contribution in [3.63, 3.8) is 0 Å². The zero-order valence-corrected chi connectivity index (χ0v) is 25.2. The molecule has 3 aromatic carbocycles. The average molecular weight is 576 g/mol. The standard InChI is InChI=1S/C32H37N3O3S2/c1-5-10-21(3)38-28-17-14-25(18-24(28)11-6-2)31(37)34-26-15-16-27-29(19-26)40-32(35-27)39-20-30(36)33-22(4)23-12-8-7-9-13-23/h7-9,12-19,21-22H,5-6,10-11,20H2,1-4H3,(H,33,36)(H,34,37)/t21?,22-/m0/s1. The molecular weight excluding hydrogens is 539 g/mol. The molecule has 2 atom stereocenters. The van der Waals surface area contributed by atoms with Gasteiger partial charge in [0.05, 0.1) is 28.1 Å². The second-order valence-electron chi connectivity index (χ2n) is 9.89. The summed E-state index contributed by atoms with van der Waals surface area (Å²) < 4.78 is 7.93. The molecule has 6 nitrogen and oxygen atoms in total. The summed E-state index contributed by atoms with van der Waals surface area (Å²) in [6.07, 6.45) is 4.03. The summed E-state index contributed by atoms with van der Waals surface area (Å²) in [5, 5.41) is 6.06. The molecule has 1 aromatic heterocycles. The Morgan fingerprint density at radius 3 is 2.55 bits per heavy atom. The molecule has 4 aromatic rings. The zero-order valence-electron chi connectivity index (χ0n) is 23.5. The molecule has 2 amide bonds. The first-order chi connectivity index (χ1) is 19.4. The summed E-state index contributed by atoms with van der Waals surface area (Å²) in [4.78, 5) is 30.2. The van der Waals surface area contributed by atoms with Crippen LogP contribution in [-0.2, 0) is 11.2 Å². The van der Waals surface area contributed by atoms with Gasteiger partial charge in [-0.3, -0.25) is 9.59 Å². The first-order valence-electron chi connectivity index (χ1n) is 13.8. The number of thiazole rings is 1. The van der Waals surface area contributed by atoms with Gasteiger partial charge in [0.1, 0.15) is 5.75 Å². The van der Waals surface area contributed by atoms with Gasteiger partial charge in [0, 0.05) is 11.3 Å². The predicted molar refractivity (Wildman–Crippen MR) is 167 cm³/mol. The van der Waals surface area contributed by atoms with Crippen LogP contribution in [0.15, 0.2) is 71.1 Å². The number of thioether (sulfide) groups is 1. The third kappa shape index (κ3) is 8.08. The second-order valence-corrected chi connectivity index (χ2v) is 12.1. The van der Waals surface area contributed by atoms with Crippen LogP contribution in [0.2, 0.25) is 0 Å². The number of amides is 2. The van der Waals surface area contributed by atoms with E-state index in [1.54, 1.807) is 0 Å². The van der Waals surface area contributed by atoms with Gasteiger partial charge in [-0.25, -0.2) is 4.98 Å². The number of aryl methyl sites for hydroxylation is 1. The fraction of sp³-hybridized carbons (Fsp3) is 0.344. The van der Waals surface area contributed by atoms with Gasteiger partial charge in [0.15, 0.2) is 4.34 Å². The molecule has 0 spiro atoms. The number of nitrogens with zero attached hydrogens (tertiary/aromatic N) is 1. The molecule has 0 aliphatic heterocycles. The Morgan fingerprint density at radius 2 is 1.80 bits per heavy atom. The number of hydrogen-bond acceptors (Lipinski definition) is 6. The molecule has 0 aliphatic rings. The van der Waals surface area contributed by atoms with Crippen molar-refractivity contribution in [3.05, 3.63) is 83.4 Å². The highest BCUT2D eigenvalue weighted by molar-refractivity contribution is 8.01. The van der Waals surface area contributed by atoms with Crippen molar-refractivity contribution in [2.75, 3.05) is 11.1 Å². The number of hydrogen-bond donors (Lipinski definition) is 2. The van der Waals surface area contributed by atoms with E-state index < -0.39 is 0 Å². The Bertz CT molecular complexity index is 1440. The molecule has 0 saturated heterocycles. The van der Waals surface area contributed by atoms with E-state index in [9.17, 15) is 9.59 Å². The van der Waals surface area contributed by atoms with Crippen LogP contribution in [0.3, 0.4) is 0 Å². The fourth-order valence-electron chi connectivity index (χ4n) is 4.46. The van der Waals surface area contributed by atoms with E-state index in [1.165, 1.54) is 23.1 Å². The molecule has 0 bridgehead atoms. The van der Waals surface area contributed by atoms with Crippen LogP contribution in [0.25, 0.3) is 10.2 Å². The molecule has 4 rings (SSSR count). The molecule has 40 heavy (non-hydrogen) atoms. The van der Waals surface area contributed by atoms with E-state index in [0.29, 0.717) is 11.3 Å². The van der Waals surface area contributed by atoms with Crippen LogP contribution >= 0.6 is 23.1 Å². The quantitative estimate of drug-likeness (QED) is 0.158. The van der Waals surface area contributed by atoms with Crippen molar-refractivity contribution in [2.24, 2.45) is 0 Å². The maximum atomic E-state index is 13.1. The maximum absolute atomic E-state index is 13.1. The Labute approximate surface area is 244 Å². The van der Waals surface area contributed by atoms with E-state index in [2.05, 4.69) is 36.4 Å². The summed E-state index contributed by atoms with van der Waals surface area (Å²) >= 11 is 2.93. The molecule has 0 radical (unpaired) electrons. The van der Waals surface area contributed by atoms with Crippen LogP contribution < -0.4 is 15.4 Å². The van der Waals surface area contributed by atoms with Crippen molar-refractivity contribution in [3.8, 4) is 5.75 Å². The number of ether oxygens (including phenoxy) is 1. The van der Waals surface area contributed by atoms with Crippen LogP contribution in [0, 0.1) is 0 Å². The lowest BCUT2D eigenvalue weighted by Crippen LogP contribution is -2.28.